The third kappa shape index (κ3) is 2.56. The number of amides is 1. The molecular formula is C19H20N4O. The number of rotatable bonds is 2. The van der Waals surface area contributed by atoms with Crippen LogP contribution in [0.3, 0.4) is 0 Å². The lowest BCUT2D eigenvalue weighted by atomic mass is 10.0. The van der Waals surface area contributed by atoms with E-state index in [0.29, 0.717) is 6.04 Å². The van der Waals surface area contributed by atoms with Gasteiger partial charge in [0.2, 0.25) is 0 Å². The van der Waals surface area contributed by atoms with Crippen LogP contribution in [0.15, 0.2) is 48.7 Å². The second kappa shape index (κ2) is 6.07. The molecule has 1 amide bonds. The largest absolute Gasteiger partial charge is 0.338 e. The molecule has 0 radical (unpaired) electrons. The number of likely N-dealkylation sites (tertiary alicyclic amines) is 1. The van der Waals surface area contributed by atoms with Crippen LogP contribution in [0.1, 0.15) is 35.1 Å². The third-order valence-electron chi connectivity index (χ3n) is 4.76. The first-order valence-corrected chi connectivity index (χ1v) is 8.38. The lowest BCUT2D eigenvalue weighted by Crippen LogP contribution is -2.39. The van der Waals surface area contributed by atoms with Crippen LogP contribution in [0.25, 0.3) is 11.2 Å². The van der Waals surface area contributed by atoms with Gasteiger partial charge in [-0.15, -0.1) is 0 Å². The number of nitrogens with zero attached hydrogens (tertiary/aromatic N) is 4. The number of fused-ring (bicyclic) bond motifs is 1. The second-order valence-corrected chi connectivity index (χ2v) is 6.26. The maximum atomic E-state index is 12.6. The fourth-order valence-corrected chi connectivity index (χ4v) is 3.57. The highest BCUT2D eigenvalue weighted by atomic mass is 16.2. The molecule has 122 valence electrons. The van der Waals surface area contributed by atoms with E-state index in [2.05, 4.69) is 14.5 Å². The predicted octanol–water partition coefficient (Wildman–Crippen LogP) is 3.22. The Morgan fingerprint density at radius 1 is 1.08 bits per heavy atom. The van der Waals surface area contributed by atoms with E-state index in [1.165, 1.54) is 0 Å². The van der Waals surface area contributed by atoms with E-state index in [4.69, 9.17) is 0 Å². The topological polar surface area (TPSA) is 51.0 Å². The highest BCUT2D eigenvalue weighted by Crippen LogP contribution is 2.28. The lowest BCUT2D eigenvalue weighted by molar-refractivity contribution is 0.0695. The summed E-state index contributed by atoms with van der Waals surface area (Å²) in [6.45, 7) is 3.57. The Morgan fingerprint density at radius 3 is 2.58 bits per heavy atom. The summed E-state index contributed by atoms with van der Waals surface area (Å²) in [7, 11) is 0. The first kappa shape index (κ1) is 14.9. The number of hydrogen-bond acceptors (Lipinski definition) is 3. The van der Waals surface area contributed by atoms with Crippen molar-refractivity contribution in [2.24, 2.45) is 0 Å². The zero-order valence-electron chi connectivity index (χ0n) is 13.7. The zero-order chi connectivity index (χ0) is 16.5. The molecule has 5 heteroatoms. The van der Waals surface area contributed by atoms with Crippen molar-refractivity contribution < 1.29 is 4.79 Å². The molecule has 1 fully saturated rings. The minimum absolute atomic E-state index is 0.124. The van der Waals surface area contributed by atoms with Gasteiger partial charge in [-0.25, -0.2) is 9.97 Å². The van der Waals surface area contributed by atoms with Gasteiger partial charge in [-0.05, 0) is 44.0 Å². The quantitative estimate of drug-likeness (QED) is 0.728. The maximum Gasteiger partial charge on any atom is 0.253 e. The SMILES string of the molecule is Cc1nc2cccnc2n1C1CCN(C(=O)c2ccccc2)CC1. The Bertz CT molecular complexity index is 863. The van der Waals surface area contributed by atoms with Crippen LogP contribution < -0.4 is 0 Å². The van der Waals surface area contributed by atoms with Crippen LogP contribution >= 0.6 is 0 Å². The number of carbonyl (C=O) groups excluding carboxylic acids is 1. The molecular weight excluding hydrogens is 300 g/mol. The number of benzene rings is 1. The van der Waals surface area contributed by atoms with Crippen molar-refractivity contribution in [1.29, 1.82) is 0 Å². The minimum Gasteiger partial charge on any atom is -0.338 e. The summed E-state index contributed by atoms with van der Waals surface area (Å²) in [6, 6.07) is 13.8. The predicted molar refractivity (Wildman–Crippen MR) is 92.9 cm³/mol. The Kier molecular flexibility index (Phi) is 3.76. The average Bonchev–Trinajstić information content (AvgIpc) is 2.98. The van der Waals surface area contributed by atoms with Crippen molar-refractivity contribution >= 4 is 17.1 Å². The van der Waals surface area contributed by atoms with E-state index in [0.717, 1.165) is 48.5 Å². The fraction of sp³-hybridized carbons (Fsp3) is 0.316. The summed E-state index contributed by atoms with van der Waals surface area (Å²) in [5.41, 5.74) is 2.66. The standard InChI is InChI=1S/C19H20N4O/c1-14-21-17-8-5-11-20-18(17)23(14)16-9-12-22(13-10-16)19(24)15-6-3-2-4-7-15/h2-8,11,16H,9-10,12-13H2,1H3. The zero-order valence-corrected chi connectivity index (χ0v) is 13.7. The number of imidazole rings is 1. The third-order valence-corrected chi connectivity index (χ3v) is 4.76. The average molecular weight is 320 g/mol. The molecule has 1 aliphatic rings. The van der Waals surface area contributed by atoms with Crippen LogP contribution in [0, 0.1) is 6.92 Å². The molecule has 4 rings (SSSR count). The van der Waals surface area contributed by atoms with Gasteiger partial charge in [0.25, 0.3) is 5.91 Å². The van der Waals surface area contributed by atoms with Gasteiger partial charge in [-0.2, -0.15) is 0 Å². The van der Waals surface area contributed by atoms with Gasteiger partial charge in [0.1, 0.15) is 11.3 Å². The Morgan fingerprint density at radius 2 is 1.83 bits per heavy atom. The van der Waals surface area contributed by atoms with Crippen LogP contribution in [0.5, 0.6) is 0 Å². The van der Waals surface area contributed by atoms with Crippen molar-refractivity contribution in [2.45, 2.75) is 25.8 Å². The highest BCUT2D eigenvalue weighted by Gasteiger charge is 2.26. The van der Waals surface area contributed by atoms with Gasteiger partial charge in [-0.3, -0.25) is 4.79 Å². The molecule has 0 spiro atoms. The van der Waals surface area contributed by atoms with E-state index in [1.807, 2.05) is 60.5 Å². The summed E-state index contributed by atoms with van der Waals surface area (Å²) < 4.78 is 2.24. The van der Waals surface area contributed by atoms with Crippen molar-refractivity contribution in [2.75, 3.05) is 13.1 Å². The summed E-state index contributed by atoms with van der Waals surface area (Å²) in [5.74, 6) is 1.12. The molecule has 1 aromatic carbocycles. The van der Waals surface area contributed by atoms with Crippen LogP contribution in [-0.2, 0) is 0 Å². The minimum atomic E-state index is 0.124. The molecule has 0 saturated carbocycles. The van der Waals surface area contributed by atoms with Crippen LogP contribution in [-0.4, -0.2) is 38.4 Å². The molecule has 2 aromatic heterocycles. The summed E-state index contributed by atoms with van der Waals surface area (Å²) >= 11 is 0. The van der Waals surface area contributed by atoms with Crippen LogP contribution in [0.4, 0.5) is 0 Å². The van der Waals surface area contributed by atoms with Gasteiger partial charge < -0.3 is 9.47 Å². The molecule has 1 saturated heterocycles. The summed E-state index contributed by atoms with van der Waals surface area (Å²) in [4.78, 5) is 23.6. The van der Waals surface area contributed by atoms with E-state index in [9.17, 15) is 4.79 Å². The molecule has 0 bridgehead atoms. The van der Waals surface area contributed by atoms with Gasteiger partial charge in [0, 0.05) is 30.9 Å². The van der Waals surface area contributed by atoms with Crippen molar-refractivity contribution in [3.05, 3.63) is 60.0 Å². The van der Waals surface area contributed by atoms with Crippen molar-refractivity contribution in [3.8, 4) is 0 Å². The molecule has 0 N–H and O–H groups in total. The molecule has 5 nitrogen and oxygen atoms in total. The summed E-state index contributed by atoms with van der Waals surface area (Å²) in [6.07, 6.45) is 3.68. The number of aromatic nitrogens is 3. The van der Waals surface area contributed by atoms with Gasteiger partial charge in [0.15, 0.2) is 5.65 Å². The van der Waals surface area contributed by atoms with Crippen molar-refractivity contribution in [1.82, 2.24) is 19.4 Å². The Labute approximate surface area is 140 Å². The van der Waals surface area contributed by atoms with E-state index < -0.39 is 0 Å². The molecule has 0 atom stereocenters. The van der Waals surface area contributed by atoms with Crippen molar-refractivity contribution in [3.63, 3.8) is 0 Å². The fourth-order valence-electron chi connectivity index (χ4n) is 3.57. The first-order valence-electron chi connectivity index (χ1n) is 8.38. The van der Waals surface area contributed by atoms with E-state index in [1.54, 1.807) is 0 Å². The number of piperidine rings is 1. The molecule has 24 heavy (non-hydrogen) atoms. The van der Waals surface area contributed by atoms with E-state index >= 15 is 0 Å². The number of hydrogen-bond donors (Lipinski definition) is 0. The van der Waals surface area contributed by atoms with Gasteiger partial charge in [-0.1, -0.05) is 18.2 Å². The normalized spacial score (nSPS) is 15.8. The lowest BCUT2D eigenvalue weighted by Gasteiger charge is -2.33. The molecule has 3 heterocycles. The summed E-state index contributed by atoms with van der Waals surface area (Å²) in [5, 5.41) is 0. The van der Waals surface area contributed by atoms with Crippen LogP contribution in [0.2, 0.25) is 0 Å². The van der Waals surface area contributed by atoms with Gasteiger partial charge in [0.05, 0.1) is 0 Å². The van der Waals surface area contributed by atoms with E-state index in [-0.39, 0.29) is 5.91 Å². The maximum absolute atomic E-state index is 12.6. The number of carbonyl (C=O) groups is 1. The highest BCUT2D eigenvalue weighted by molar-refractivity contribution is 5.94. The first-order chi connectivity index (χ1) is 11.7. The Hall–Kier alpha value is -2.69. The molecule has 3 aromatic rings. The molecule has 0 unspecified atom stereocenters. The Balaban J connectivity index is 1.52. The number of pyridine rings is 1. The smallest absolute Gasteiger partial charge is 0.253 e. The second-order valence-electron chi connectivity index (χ2n) is 6.26. The number of aryl methyl sites for hydroxylation is 1. The molecule has 1 aliphatic heterocycles. The molecule has 0 aliphatic carbocycles. The van der Waals surface area contributed by atoms with Gasteiger partial charge >= 0.3 is 0 Å². The monoisotopic (exact) mass is 320 g/mol.